The maximum absolute atomic E-state index is 12.1. The lowest BCUT2D eigenvalue weighted by Gasteiger charge is -2.35. The fraction of sp³-hybridized carbons (Fsp3) is 0.500. The maximum atomic E-state index is 12.1. The van der Waals surface area contributed by atoms with Crippen molar-refractivity contribution in [2.24, 2.45) is 0 Å². The Labute approximate surface area is 144 Å². The van der Waals surface area contributed by atoms with Crippen molar-refractivity contribution in [3.05, 3.63) is 34.4 Å². The Morgan fingerprint density at radius 2 is 1.80 bits per heavy atom. The van der Waals surface area contributed by atoms with Crippen LogP contribution in [0.25, 0.3) is 0 Å². The average molecular weight is 352 g/mol. The van der Waals surface area contributed by atoms with Gasteiger partial charge in [0.1, 0.15) is 5.75 Å². The van der Waals surface area contributed by atoms with Gasteiger partial charge in [0.05, 0.1) is 17.1 Å². The van der Waals surface area contributed by atoms with Gasteiger partial charge >= 0.3 is 5.97 Å². The van der Waals surface area contributed by atoms with Crippen LogP contribution < -0.4 is 4.74 Å². The summed E-state index contributed by atoms with van der Waals surface area (Å²) in [6.07, 6.45) is -0.122. The normalized spacial score (nSPS) is 20.0. The number of morpholine rings is 1. The van der Waals surface area contributed by atoms with Crippen molar-refractivity contribution < 1.29 is 28.7 Å². The highest BCUT2D eigenvalue weighted by Gasteiger charge is 2.26. The second kappa shape index (κ2) is 8.43. The molecule has 1 heterocycles. The largest absolute Gasteiger partial charge is 0.482 e. The number of nitro benzene ring substituents is 1. The second-order valence-corrected chi connectivity index (χ2v) is 5.76. The van der Waals surface area contributed by atoms with E-state index in [-0.39, 0.29) is 37.0 Å². The van der Waals surface area contributed by atoms with E-state index in [2.05, 4.69) is 0 Å². The van der Waals surface area contributed by atoms with E-state index in [0.29, 0.717) is 18.8 Å². The molecule has 0 aliphatic carbocycles. The van der Waals surface area contributed by atoms with Gasteiger partial charge in [0.15, 0.2) is 13.2 Å². The number of carbonyl (C=O) groups excluding carboxylic acids is 2. The Kier molecular flexibility index (Phi) is 6.29. The molecule has 2 atom stereocenters. The highest BCUT2D eigenvalue weighted by molar-refractivity contribution is 5.81. The van der Waals surface area contributed by atoms with Gasteiger partial charge in [-0.1, -0.05) is 0 Å². The smallest absolute Gasteiger partial charge is 0.344 e. The molecule has 1 aromatic carbocycles. The molecule has 1 saturated heterocycles. The lowest BCUT2D eigenvalue weighted by atomic mass is 10.2. The van der Waals surface area contributed by atoms with E-state index in [4.69, 9.17) is 14.2 Å². The molecule has 0 spiro atoms. The molecule has 136 valence electrons. The van der Waals surface area contributed by atoms with Crippen LogP contribution in [0.4, 0.5) is 5.69 Å². The third kappa shape index (κ3) is 5.71. The van der Waals surface area contributed by atoms with E-state index in [1.165, 1.54) is 24.3 Å². The summed E-state index contributed by atoms with van der Waals surface area (Å²) in [5.74, 6) is -0.684. The van der Waals surface area contributed by atoms with Crippen molar-refractivity contribution in [1.29, 1.82) is 0 Å². The number of carbonyl (C=O) groups is 2. The van der Waals surface area contributed by atoms with Gasteiger partial charge in [0.2, 0.25) is 0 Å². The SMILES string of the molecule is C[C@@H]1CN(C(=O)COC(=O)COc2ccc([N+](=O)[O-])cc2)C[C@H](C)O1. The van der Waals surface area contributed by atoms with Crippen LogP contribution in [0.3, 0.4) is 0 Å². The number of rotatable bonds is 6. The predicted molar refractivity (Wildman–Crippen MR) is 86.1 cm³/mol. The van der Waals surface area contributed by atoms with Crippen LogP contribution >= 0.6 is 0 Å². The Balaban J connectivity index is 1.73. The van der Waals surface area contributed by atoms with Crippen molar-refractivity contribution in [3.63, 3.8) is 0 Å². The number of nitro groups is 1. The summed E-state index contributed by atoms with van der Waals surface area (Å²) < 4.78 is 15.6. The number of nitrogens with zero attached hydrogens (tertiary/aromatic N) is 2. The summed E-state index contributed by atoms with van der Waals surface area (Å²) in [4.78, 5) is 35.3. The van der Waals surface area contributed by atoms with E-state index in [1.54, 1.807) is 4.90 Å². The lowest BCUT2D eigenvalue weighted by molar-refractivity contribution is -0.384. The third-order valence-electron chi connectivity index (χ3n) is 3.53. The Bertz CT molecular complexity index is 622. The van der Waals surface area contributed by atoms with Crippen LogP contribution in [0.2, 0.25) is 0 Å². The molecule has 0 N–H and O–H groups in total. The lowest BCUT2D eigenvalue weighted by Crippen LogP contribution is -2.49. The molecule has 1 fully saturated rings. The number of hydrogen-bond donors (Lipinski definition) is 0. The molecule has 1 amide bonds. The van der Waals surface area contributed by atoms with Gasteiger partial charge in [-0.05, 0) is 26.0 Å². The third-order valence-corrected chi connectivity index (χ3v) is 3.53. The molecule has 0 radical (unpaired) electrons. The molecule has 1 aliphatic rings. The first kappa shape index (κ1) is 18.7. The minimum atomic E-state index is -0.693. The quantitative estimate of drug-likeness (QED) is 0.429. The molecular formula is C16H20N2O7. The van der Waals surface area contributed by atoms with Gasteiger partial charge in [0, 0.05) is 25.2 Å². The highest BCUT2D eigenvalue weighted by atomic mass is 16.6. The number of esters is 1. The van der Waals surface area contributed by atoms with Crippen molar-refractivity contribution in [2.45, 2.75) is 26.1 Å². The van der Waals surface area contributed by atoms with Crippen molar-refractivity contribution in [1.82, 2.24) is 4.90 Å². The van der Waals surface area contributed by atoms with E-state index < -0.39 is 10.9 Å². The molecule has 0 aromatic heterocycles. The van der Waals surface area contributed by atoms with E-state index in [1.807, 2.05) is 13.8 Å². The first-order valence-electron chi connectivity index (χ1n) is 7.81. The number of ether oxygens (including phenoxy) is 3. The zero-order chi connectivity index (χ0) is 18.4. The van der Waals surface area contributed by atoms with Crippen molar-refractivity contribution in [3.8, 4) is 5.75 Å². The summed E-state index contributed by atoms with van der Waals surface area (Å²) >= 11 is 0. The maximum Gasteiger partial charge on any atom is 0.344 e. The summed E-state index contributed by atoms with van der Waals surface area (Å²) in [6.45, 7) is 3.92. The minimum Gasteiger partial charge on any atom is -0.482 e. The van der Waals surface area contributed by atoms with Crippen LogP contribution in [0.5, 0.6) is 5.75 Å². The summed E-state index contributed by atoms with van der Waals surface area (Å²) in [5.41, 5.74) is -0.0745. The average Bonchev–Trinajstić information content (AvgIpc) is 2.57. The van der Waals surface area contributed by atoms with Gasteiger partial charge in [-0.2, -0.15) is 0 Å². The number of hydrogen-bond acceptors (Lipinski definition) is 7. The van der Waals surface area contributed by atoms with Crippen LogP contribution in [0.15, 0.2) is 24.3 Å². The second-order valence-electron chi connectivity index (χ2n) is 5.76. The van der Waals surface area contributed by atoms with Crippen LogP contribution in [0, 0.1) is 10.1 Å². The van der Waals surface area contributed by atoms with Gasteiger partial charge in [0.25, 0.3) is 11.6 Å². The monoisotopic (exact) mass is 352 g/mol. The molecule has 2 rings (SSSR count). The van der Waals surface area contributed by atoms with E-state index >= 15 is 0 Å². The van der Waals surface area contributed by atoms with Crippen LogP contribution in [-0.4, -0.2) is 60.2 Å². The minimum absolute atomic E-state index is 0.0612. The zero-order valence-electron chi connectivity index (χ0n) is 14.0. The zero-order valence-corrected chi connectivity index (χ0v) is 14.0. The molecule has 0 bridgehead atoms. The van der Waals surface area contributed by atoms with Crippen LogP contribution in [0.1, 0.15) is 13.8 Å². The fourth-order valence-electron chi connectivity index (χ4n) is 2.46. The molecule has 1 aromatic rings. The van der Waals surface area contributed by atoms with E-state index in [0.717, 1.165) is 0 Å². The van der Waals surface area contributed by atoms with Crippen LogP contribution in [-0.2, 0) is 19.1 Å². The standard InChI is InChI=1S/C16H20N2O7/c1-11-7-17(8-12(2)25-11)15(19)9-24-16(20)10-23-14-5-3-13(4-6-14)18(21)22/h3-6,11-12H,7-10H2,1-2H3/t11-,12+. The van der Waals surface area contributed by atoms with E-state index in [9.17, 15) is 19.7 Å². The van der Waals surface area contributed by atoms with Gasteiger partial charge in [-0.25, -0.2) is 4.79 Å². The van der Waals surface area contributed by atoms with Crippen molar-refractivity contribution >= 4 is 17.6 Å². The Morgan fingerprint density at radius 3 is 2.36 bits per heavy atom. The molecule has 1 aliphatic heterocycles. The summed E-state index contributed by atoms with van der Waals surface area (Å²) in [5, 5.41) is 10.5. The molecule has 0 saturated carbocycles. The van der Waals surface area contributed by atoms with Gasteiger partial charge in [-0.3, -0.25) is 14.9 Å². The Hall–Kier alpha value is -2.68. The van der Waals surface area contributed by atoms with Gasteiger partial charge in [-0.15, -0.1) is 0 Å². The molecule has 25 heavy (non-hydrogen) atoms. The molecule has 0 unspecified atom stereocenters. The van der Waals surface area contributed by atoms with Gasteiger partial charge < -0.3 is 19.1 Å². The summed E-state index contributed by atoms with van der Waals surface area (Å²) in [6, 6.07) is 5.30. The predicted octanol–water partition coefficient (Wildman–Crippen LogP) is 1.15. The molecule has 9 heteroatoms. The highest BCUT2D eigenvalue weighted by Crippen LogP contribution is 2.17. The number of benzene rings is 1. The number of amides is 1. The number of non-ortho nitro benzene ring substituents is 1. The topological polar surface area (TPSA) is 108 Å². The fourth-order valence-corrected chi connectivity index (χ4v) is 2.46. The first-order chi connectivity index (χ1) is 11.8. The first-order valence-corrected chi connectivity index (χ1v) is 7.81. The molecular weight excluding hydrogens is 332 g/mol. The Morgan fingerprint density at radius 1 is 1.20 bits per heavy atom. The molecule has 9 nitrogen and oxygen atoms in total. The summed E-state index contributed by atoms with van der Waals surface area (Å²) in [7, 11) is 0. The van der Waals surface area contributed by atoms with Crippen molar-refractivity contribution in [2.75, 3.05) is 26.3 Å².